The molecule has 1 aromatic heterocycles. The number of nitrogens with one attached hydrogen (secondary N) is 2. The van der Waals surface area contributed by atoms with Gasteiger partial charge in [0, 0.05) is 24.2 Å². The highest BCUT2D eigenvalue weighted by Crippen LogP contribution is 2.39. The van der Waals surface area contributed by atoms with E-state index in [2.05, 4.69) is 20.8 Å². The van der Waals surface area contributed by atoms with Gasteiger partial charge in [0.25, 0.3) is 5.69 Å². The van der Waals surface area contributed by atoms with Crippen LogP contribution in [0.2, 0.25) is 0 Å². The van der Waals surface area contributed by atoms with Gasteiger partial charge in [-0.1, -0.05) is 47.6 Å². The number of nitro benzene ring substituents is 1. The van der Waals surface area contributed by atoms with Crippen LogP contribution in [-0.2, 0) is 16.1 Å². The second-order valence-electron chi connectivity index (χ2n) is 10.3. The maximum absolute atomic E-state index is 12.8. The minimum Gasteiger partial charge on any atom is -0.489 e. The van der Waals surface area contributed by atoms with Gasteiger partial charge in [0.15, 0.2) is 0 Å². The first-order valence-corrected chi connectivity index (χ1v) is 13.9. The van der Waals surface area contributed by atoms with Gasteiger partial charge in [-0.15, -0.1) is 5.10 Å². The monoisotopic (exact) mass is 585 g/mol. The molecule has 1 heterocycles. The van der Waals surface area contributed by atoms with Crippen molar-refractivity contribution in [2.75, 3.05) is 17.7 Å². The van der Waals surface area contributed by atoms with Crippen molar-refractivity contribution >= 4 is 35.0 Å². The quantitative estimate of drug-likeness (QED) is 0.115. The van der Waals surface area contributed by atoms with Gasteiger partial charge in [0.1, 0.15) is 18.0 Å². The van der Waals surface area contributed by atoms with Crippen LogP contribution in [0.5, 0.6) is 5.75 Å². The summed E-state index contributed by atoms with van der Waals surface area (Å²) in [6.45, 7) is 0.403. The van der Waals surface area contributed by atoms with Gasteiger partial charge in [0.2, 0.25) is 0 Å². The van der Waals surface area contributed by atoms with Gasteiger partial charge in [-0.25, -0.2) is 0 Å². The van der Waals surface area contributed by atoms with E-state index in [9.17, 15) is 19.7 Å². The number of carbonyl (C=O) groups is 2. The van der Waals surface area contributed by atoms with Crippen molar-refractivity contribution in [3.8, 4) is 5.75 Å². The predicted octanol–water partition coefficient (Wildman–Crippen LogP) is 6.39. The number of nitro groups is 1. The zero-order chi connectivity index (χ0) is 30.2. The highest BCUT2D eigenvalue weighted by molar-refractivity contribution is 6.02. The number of hydrogen-bond acceptors (Lipinski definition) is 10. The summed E-state index contributed by atoms with van der Waals surface area (Å²) in [6.07, 6.45) is 3.68. The molecule has 0 bridgehead atoms. The van der Waals surface area contributed by atoms with E-state index in [4.69, 9.17) is 13.9 Å². The zero-order valence-electron chi connectivity index (χ0n) is 23.5. The molecular weight excluding hydrogens is 554 g/mol. The van der Waals surface area contributed by atoms with E-state index >= 15 is 0 Å². The maximum Gasteiger partial charge on any atom is 0.320 e. The molecule has 5 rings (SSSR count). The van der Waals surface area contributed by atoms with Gasteiger partial charge in [-0.05, 0) is 66.8 Å². The Balaban J connectivity index is 1.19. The molecule has 12 heteroatoms. The van der Waals surface area contributed by atoms with E-state index in [0.717, 1.165) is 36.8 Å². The molecule has 0 aliphatic heterocycles. The Hall–Kier alpha value is -5.26. The van der Waals surface area contributed by atoms with Crippen molar-refractivity contribution in [1.29, 1.82) is 0 Å². The maximum atomic E-state index is 12.8. The zero-order valence-corrected chi connectivity index (χ0v) is 23.5. The fourth-order valence-electron chi connectivity index (χ4n) is 5.15. The van der Waals surface area contributed by atoms with E-state index in [1.807, 2.05) is 36.4 Å². The SMILES string of the molecule is COC(=O)CC1CCC(c2ccc(NC(=O)c3nnc(Nc4cccc(OCc5ccccc5)c4)o3)c([N+](=O)[O-])c2)CC1. The van der Waals surface area contributed by atoms with Gasteiger partial charge < -0.3 is 24.5 Å². The molecule has 1 saturated carbocycles. The fourth-order valence-corrected chi connectivity index (χ4v) is 5.15. The van der Waals surface area contributed by atoms with Crippen LogP contribution in [0.15, 0.2) is 77.2 Å². The third-order valence-electron chi connectivity index (χ3n) is 7.42. The number of hydrogen-bond donors (Lipinski definition) is 2. The lowest BCUT2D eigenvalue weighted by Crippen LogP contribution is -2.17. The molecule has 1 aliphatic carbocycles. The Morgan fingerprint density at radius 1 is 1.00 bits per heavy atom. The molecule has 1 amide bonds. The molecular formula is C31H31N5O7. The van der Waals surface area contributed by atoms with Gasteiger partial charge >= 0.3 is 23.8 Å². The summed E-state index contributed by atoms with van der Waals surface area (Å²) in [4.78, 5) is 35.8. The first-order chi connectivity index (χ1) is 20.9. The Labute approximate surface area is 247 Å². The Kier molecular flexibility index (Phi) is 9.25. The van der Waals surface area contributed by atoms with Gasteiger partial charge in [-0.3, -0.25) is 19.7 Å². The molecule has 0 saturated heterocycles. The van der Waals surface area contributed by atoms with Crippen LogP contribution in [0.1, 0.15) is 59.8 Å². The number of aromatic nitrogens is 2. The molecule has 3 aromatic carbocycles. The molecule has 222 valence electrons. The van der Waals surface area contributed by atoms with Crippen LogP contribution in [0.25, 0.3) is 0 Å². The Morgan fingerprint density at radius 2 is 1.79 bits per heavy atom. The van der Waals surface area contributed by atoms with Crippen molar-refractivity contribution in [3.63, 3.8) is 0 Å². The molecule has 0 unspecified atom stereocenters. The van der Waals surface area contributed by atoms with E-state index in [1.54, 1.807) is 24.3 Å². The lowest BCUT2D eigenvalue weighted by molar-refractivity contribution is -0.384. The van der Waals surface area contributed by atoms with Crippen LogP contribution >= 0.6 is 0 Å². The number of rotatable bonds is 11. The topological polar surface area (TPSA) is 159 Å². The summed E-state index contributed by atoms with van der Waals surface area (Å²) in [6, 6.07) is 21.7. The van der Waals surface area contributed by atoms with Crippen LogP contribution in [0, 0.1) is 16.0 Å². The Morgan fingerprint density at radius 3 is 2.53 bits per heavy atom. The summed E-state index contributed by atoms with van der Waals surface area (Å²) in [7, 11) is 1.38. The molecule has 0 radical (unpaired) electrons. The summed E-state index contributed by atoms with van der Waals surface area (Å²) in [5.41, 5.74) is 2.25. The van der Waals surface area contributed by atoms with Crippen LogP contribution in [-0.4, -0.2) is 34.1 Å². The molecule has 1 fully saturated rings. The van der Waals surface area contributed by atoms with Gasteiger partial charge in [0.05, 0.1) is 12.0 Å². The van der Waals surface area contributed by atoms with Crippen LogP contribution in [0.3, 0.4) is 0 Å². The fraction of sp³-hybridized carbons (Fsp3) is 0.290. The second-order valence-corrected chi connectivity index (χ2v) is 10.3. The number of carbonyl (C=O) groups excluding carboxylic acids is 2. The van der Waals surface area contributed by atoms with Crippen molar-refractivity contribution < 1.29 is 28.4 Å². The minimum atomic E-state index is -0.778. The normalized spacial score (nSPS) is 16.2. The number of amides is 1. The highest BCUT2D eigenvalue weighted by atomic mass is 16.6. The molecule has 1 aliphatic rings. The van der Waals surface area contributed by atoms with Crippen LogP contribution < -0.4 is 15.4 Å². The molecule has 0 atom stereocenters. The smallest absolute Gasteiger partial charge is 0.320 e. The van der Waals surface area contributed by atoms with Gasteiger partial charge in [-0.2, -0.15) is 0 Å². The molecule has 2 N–H and O–H groups in total. The molecule has 4 aromatic rings. The van der Waals surface area contributed by atoms with E-state index < -0.39 is 10.8 Å². The standard InChI is InChI=1S/C31H31N5O7/c1-41-28(37)16-20-10-12-22(13-11-20)23-14-15-26(27(17-23)36(39)40)33-29(38)30-34-35-31(43-30)32-24-8-5-9-25(18-24)42-19-21-6-3-2-4-7-21/h2-9,14-15,17-18,20,22H,10-13,16,19H2,1H3,(H,32,35)(H,33,38). The van der Waals surface area contributed by atoms with Crippen LogP contribution in [0.4, 0.5) is 23.1 Å². The van der Waals surface area contributed by atoms with Crippen molar-refractivity contribution in [1.82, 2.24) is 10.2 Å². The lowest BCUT2D eigenvalue weighted by Gasteiger charge is -2.28. The predicted molar refractivity (Wildman–Crippen MR) is 157 cm³/mol. The number of ether oxygens (including phenoxy) is 2. The van der Waals surface area contributed by atoms with Crippen molar-refractivity contribution in [2.45, 2.75) is 44.6 Å². The third kappa shape index (κ3) is 7.73. The molecule has 43 heavy (non-hydrogen) atoms. The highest BCUT2D eigenvalue weighted by Gasteiger charge is 2.27. The van der Waals surface area contributed by atoms with E-state index in [-0.39, 0.29) is 41.1 Å². The Bertz CT molecular complexity index is 1580. The lowest BCUT2D eigenvalue weighted by atomic mass is 9.77. The second kappa shape index (κ2) is 13.6. The van der Waals surface area contributed by atoms with Crippen molar-refractivity contribution in [3.05, 3.63) is 99.9 Å². The minimum absolute atomic E-state index is 0.0223. The summed E-state index contributed by atoms with van der Waals surface area (Å²) >= 11 is 0. The average molecular weight is 586 g/mol. The number of methoxy groups -OCH3 is 1. The first-order valence-electron chi connectivity index (χ1n) is 13.9. The first kappa shape index (κ1) is 29.2. The van der Waals surface area contributed by atoms with E-state index in [0.29, 0.717) is 24.5 Å². The van der Waals surface area contributed by atoms with Crippen molar-refractivity contribution in [2.24, 2.45) is 5.92 Å². The third-order valence-corrected chi connectivity index (χ3v) is 7.42. The molecule has 12 nitrogen and oxygen atoms in total. The molecule has 0 spiro atoms. The summed E-state index contributed by atoms with van der Waals surface area (Å²) < 4.78 is 16.1. The number of nitrogens with zero attached hydrogens (tertiary/aromatic N) is 3. The number of anilines is 3. The number of benzene rings is 3. The number of esters is 1. The summed E-state index contributed by atoms with van der Waals surface area (Å²) in [5.74, 6) is -0.356. The van der Waals surface area contributed by atoms with E-state index in [1.165, 1.54) is 19.2 Å². The summed E-state index contributed by atoms with van der Waals surface area (Å²) in [5, 5.41) is 25.0. The average Bonchev–Trinajstić information content (AvgIpc) is 3.50. The largest absolute Gasteiger partial charge is 0.489 e.